The molecule has 1 rings (SSSR count). The van der Waals surface area contributed by atoms with Crippen LogP contribution in [0.2, 0.25) is 0 Å². The van der Waals surface area contributed by atoms with Crippen molar-refractivity contribution in [2.75, 3.05) is 0 Å². The number of nitrogens with zero attached hydrogens (tertiary/aromatic N) is 2. The van der Waals surface area contributed by atoms with Crippen molar-refractivity contribution in [3.8, 4) is 0 Å². The van der Waals surface area contributed by atoms with Crippen LogP contribution in [0.5, 0.6) is 0 Å². The maximum absolute atomic E-state index is 4.08. The average molecular weight is 146 g/mol. The zero-order valence-electron chi connectivity index (χ0n) is 6.54. The first-order valence-corrected chi connectivity index (χ1v) is 3.34. The molecule has 0 aliphatic heterocycles. The van der Waals surface area contributed by atoms with Gasteiger partial charge in [0.2, 0.25) is 0 Å². The first-order chi connectivity index (χ1) is 5.29. The summed E-state index contributed by atoms with van der Waals surface area (Å²) in [7, 11) is 0. The molecule has 0 fully saturated rings. The predicted octanol–water partition coefficient (Wildman–Crippen LogP) is 2.37. The zero-order valence-corrected chi connectivity index (χ0v) is 6.54. The van der Waals surface area contributed by atoms with Gasteiger partial charge >= 0.3 is 0 Å². The molecule has 0 N–H and O–H groups in total. The lowest BCUT2D eigenvalue weighted by Gasteiger charge is -2.00. The Morgan fingerprint density at radius 3 is 2.82 bits per heavy atom. The molecular weight excluding hydrogens is 136 g/mol. The molecule has 0 atom stereocenters. The molecule has 0 saturated carbocycles. The monoisotopic (exact) mass is 146 g/mol. The summed E-state index contributed by atoms with van der Waals surface area (Å²) in [5, 5.41) is 0. The van der Waals surface area contributed by atoms with E-state index in [2.05, 4.69) is 23.3 Å². The van der Waals surface area contributed by atoms with Gasteiger partial charge in [0.05, 0.1) is 11.4 Å². The van der Waals surface area contributed by atoms with Gasteiger partial charge in [0.15, 0.2) is 0 Å². The summed E-state index contributed by atoms with van der Waals surface area (Å²) in [6, 6.07) is 1.90. The molecule has 0 radical (unpaired) electrons. The molecule has 1 heterocycles. The lowest BCUT2D eigenvalue weighted by molar-refractivity contribution is 1.24. The van der Waals surface area contributed by atoms with Crippen LogP contribution in [0.1, 0.15) is 11.3 Å². The number of hydrogen-bond acceptors (Lipinski definition) is 2. The molecule has 0 aromatic carbocycles. The third kappa shape index (κ3) is 1.34. The molecule has 56 valence electrons. The Morgan fingerprint density at radius 1 is 1.64 bits per heavy atom. The van der Waals surface area contributed by atoms with E-state index in [9.17, 15) is 0 Å². The molecule has 2 nitrogen and oxygen atoms in total. The van der Waals surface area contributed by atoms with E-state index in [1.807, 2.05) is 13.0 Å². The minimum Gasteiger partial charge on any atom is -0.262 e. The van der Waals surface area contributed by atoms with Crippen LogP contribution in [0.3, 0.4) is 0 Å². The highest BCUT2D eigenvalue weighted by atomic mass is 14.8. The number of rotatable bonds is 2. The summed E-state index contributed by atoms with van der Waals surface area (Å²) in [5.41, 5.74) is 2.69. The maximum Gasteiger partial charge on any atom is 0.0908 e. The highest BCUT2D eigenvalue weighted by Gasteiger charge is 1.99. The Bertz CT molecular complexity index is 290. The molecule has 0 saturated heterocycles. The van der Waals surface area contributed by atoms with E-state index < -0.39 is 0 Å². The molecule has 0 bridgehead atoms. The number of aryl methyl sites for hydroxylation is 1. The fourth-order valence-electron chi connectivity index (χ4n) is 0.927. The second kappa shape index (κ2) is 3.10. The van der Waals surface area contributed by atoms with Gasteiger partial charge in [-0.05, 0) is 31.3 Å². The van der Waals surface area contributed by atoms with E-state index >= 15 is 0 Å². The molecular formula is C9H10N2. The molecule has 1 aromatic rings. The molecule has 2 heteroatoms. The number of pyridine rings is 1. The Balaban J connectivity index is 3.35. The topological polar surface area (TPSA) is 25.2 Å². The van der Waals surface area contributed by atoms with Gasteiger partial charge in [0, 0.05) is 6.20 Å². The van der Waals surface area contributed by atoms with Gasteiger partial charge in [-0.1, -0.05) is 6.58 Å². The maximum atomic E-state index is 4.08. The van der Waals surface area contributed by atoms with Crippen molar-refractivity contribution >= 4 is 18.5 Å². The van der Waals surface area contributed by atoms with Crippen molar-refractivity contribution in [3.05, 3.63) is 30.1 Å². The lowest BCUT2D eigenvalue weighted by Crippen LogP contribution is -1.83. The minimum absolute atomic E-state index is 0.792. The van der Waals surface area contributed by atoms with Crippen LogP contribution in [0.25, 0.3) is 6.08 Å². The van der Waals surface area contributed by atoms with Gasteiger partial charge in [-0.3, -0.25) is 9.98 Å². The van der Waals surface area contributed by atoms with E-state index in [0.29, 0.717) is 0 Å². The summed E-state index contributed by atoms with van der Waals surface area (Å²) in [6.45, 7) is 9.06. The van der Waals surface area contributed by atoms with Crippen LogP contribution in [0.4, 0.5) is 5.69 Å². The van der Waals surface area contributed by atoms with Crippen molar-refractivity contribution in [1.29, 1.82) is 0 Å². The van der Waals surface area contributed by atoms with Crippen molar-refractivity contribution in [2.24, 2.45) is 4.99 Å². The van der Waals surface area contributed by atoms with E-state index in [-0.39, 0.29) is 0 Å². The molecule has 0 aliphatic rings. The minimum atomic E-state index is 0.792. The molecule has 1 aromatic heterocycles. The number of hydrogen-bond donors (Lipinski definition) is 0. The van der Waals surface area contributed by atoms with Gasteiger partial charge in [-0.15, -0.1) is 0 Å². The number of aromatic nitrogens is 1. The Hall–Kier alpha value is -1.44. The third-order valence-corrected chi connectivity index (χ3v) is 1.51. The Morgan fingerprint density at radius 2 is 2.36 bits per heavy atom. The summed E-state index contributed by atoms with van der Waals surface area (Å²) in [5.74, 6) is 0. The predicted molar refractivity (Wildman–Crippen MR) is 48.3 cm³/mol. The van der Waals surface area contributed by atoms with Crippen molar-refractivity contribution in [1.82, 2.24) is 4.98 Å². The second-order valence-corrected chi connectivity index (χ2v) is 2.22. The second-order valence-electron chi connectivity index (χ2n) is 2.22. The average Bonchev–Trinajstić information content (AvgIpc) is 2.04. The number of aliphatic imine (C=N–C) groups is 1. The summed E-state index contributed by atoms with van der Waals surface area (Å²) >= 11 is 0. The first-order valence-electron chi connectivity index (χ1n) is 3.34. The van der Waals surface area contributed by atoms with Crippen LogP contribution < -0.4 is 0 Å². The molecule has 0 unspecified atom stereocenters. The van der Waals surface area contributed by atoms with Crippen LogP contribution in [0, 0.1) is 6.92 Å². The van der Waals surface area contributed by atoms with Gasteiger partial charge in [-0.2, -0.15) is 0 Å². The van der Waals surface area contributed by atoms with Crippen LogP contribution in [-0.4, -0.2) is 11.7 Å². The van der Waals surface area contributed by atoms with E-state index in [4.69, 9.17) is 0 Å². The fraction of sp³-hybridized carbons (Fsp3) is 0.111. The van der Waals surface area contributed by atoms with Crippen LogP contribution in [0.15, 0.2) is 23.8 Å². The highest BCUT2D eigenvalue weighted by molar-refractivity contribution is 5.64. The molecule has 0 spiro atoms. The standard InChI is InChI=1S/C9H10N2/c1-4-8-9(10-3)7(2)5-6-11-8/h4-6H,1,3H2,2H3. The van der Waals surface area contributed by atoms with Crippen LogP contribution >= 0.6 is 0 Å². The lowest BCUT2D eigenvalue weighted by atomic mass is 10.2. The SMILES string of the molecule is C=Cc1nccc(C)c1N=C. The Kier molecular flexibility index (Phi) is 2.16. The largest absolute Gasteiger partial charge is 0.262 e. The van der Waals surface area contributed by atoms with E-state index in [1.165, 1.54) is 0 Å². The first kappa shape index (κ1) is 7.66. The highest BCUT2D eigenvalue weighted by Crippen LogP contribution is 2.21. The molecule has 11 heavy (non-hydrogen) atoms. The third-order valence-electron chi connectivity index (χ3n) is 1.51. The molecule has 0 amide bonds. The summed E-state index contributed by atoms with van der Waals surface area (Å²) in [6.07, 6.45) is 3.41. The van der Waals surface area contributed by atoms with Crippen molar-refractivity contribution < 1.29 is 0 Å². The van der Waals surface area contributed by atoms with Gasteiger partial charge in [0.25, 0.3) is 0 Å². The van der Waals surface area contributed by atoms with Crippen molar-refractivity contribution in [3.63, 3.8) is 0 Å². The van der Waals surface area contributed by atoms with E-state index in [0.717, 1.165) is 16.9 Å². The van der Waals surface area contributed by atoms with Gasteiger partial charge < -0.3 is 0 Å². The Labute approximate surface area is 66.3 Å². The molecule has 0 aliphatic carbocycles. The van der Waals surface area contributed by atoms with Crippen molar-refractivity contribution in [2.45, 2.75) is 6.92 Å². The van der Waals surface area contributed by atoms with E-state index in [1.54, 1.807) is 12.3 Å². The summed E-state index contributed by atoms with van der Waals surface area (Å²) in [4.78, 5) is 7.93. The summed E-state index contributed by atoms with van der Waals surface area (Å²) < 4.78 is 0. The normalized spacial score (nSPS) is 9.18. The fourth-order valence-corrected chi connectivity index (χ4v) is 0.927. The van der Waals surface area contributed by atoms with Gasteiger partial charge in [-0.25, -0.2) is 0 Å². The quantitative estimate of drug-likeness (QED) is 0.588. The van der Waals surface area contributed by atoms with Crippen LogP contribution in [-0.2, 0) is 0 Å². The van der Waals surface area contributed by atoms with Gasteiger partial charge in [0.1, 0.15) is 0 Å². The zero-order chi connectivity index (χ0) is 8.27. The smallest absolute Gasteiger partial charge is 0.0908 e.